The molecule has 0 amide bonds. The van der Waals surface area contributed by atoms with E-state index in [0.29, 0.717) is 10.5 Å². The van der Waals surface area contributed by atoms with E-state index in [2.05, 4.69) is 76.2 Å². The SMILES string of the molecule is CC(C)Sc1cc(SC(C)C)c2cc3ccccc3cc2c1. The molecule has 114 valence electrons. The molecule has 0 aromatic heterocycles. The maximum atomic E-state index is 2.37. The van der Waals surface area contributed by atoms with Crippen molar-refractivity contribution in [2.45, 2.75) is 48.0 Å². The summed E-state index contributed by atoms with van der Waals surface area (Å²) >= 11 is 3.91. The van der Waals surface area contributed by atoms with Crippen molar-refractivity contribution < 1.29 is 0 Å². The van der Waals surface area contributed by atoms with Crippen LogP contribution in [0.2, 0.25) is 0 Å². The Kier molecular flexibility index (Phi) is 4.70. The summed E-state index contributed by atoms with van der Waals surface area (Å²) in [6, 6.07) is 18.0. The molecule has 0 radical (unpaired) electrons. The van der Waals surface area contributed by atoms with Gasteiger partial charge < -0.3 is 0 Å². The molecule has 3 aromatic carbocycles. The summed E-state index contributed by atoms with van der Waals surface area (Å²) in [4.78, 5) is 2.78. The second kappa shape index (κ2) is 6.55. The lowest BCUT2D eigenvalue weighted by molar-refractivity contribution is 1.10. The monoisotopic (exact) mass is 326 g/mol. The lowest BCUT2D eigenvalue weighted by Gasteiger charge is -2.14. The fourth-order valence-corrected chi connectivity index (χ4v) is 4.69. The third kappa shape index (κ3) is 3.44. The van der Waals surface area contributed by atoms with Crippen LogP contribution in [0, 0.1) is 0 Å². The summed E-state index contributed by atoms with van der Waals surface area (Å²) in [5.41, 5.74) is 0. The van der Waals surface area contributed by atoms with Crippen molar-refractivity contribution >= 4 is 45.1 Å². The molecule has 2 heteroatoms. The molecule has 0 aliphatic carbocycles. The predicted octanol–water partition coefficient (Wildman–Crippen LogP) is 6.99. The molecule has 0 unspecified atom stereocenters. The summed E-state index contributed by atoms with van der Waals surface area (Å²) in [6.07, 6.45) is 0. The van der Waals surface area contributed by atoms with Gasteiger partial charge in [0.05, 0.1) is 0 Å². The Labute approximate surface area is 141 Å². The van der Waals surface area contributed by atoms with E-state index in [1.54, 1.807) is 0 Å². The highest BCUT2D eigenvalue weighted by molar-refractivity contribution is 8.00. The number of hydrogen-bond acceptors (Lipinski definition) is 2. The molecule has 0 fully saturated rings. The quantitative estimate of drug-likeness (QED) is 0.374. The Bertz CT molecular complexity index is 803. The van der Waals surface area contributed by atoms with Crippen molar-refractivity contribution in [1.29, 1.82) is 0 Å². The summed E-state index contributed by atoms with van der Waals surface area (Å²) < 4.78 is 0. The fraction of sp³-hybridized carbons (Fsp3) is 0.300. The van der Waals surface area contributed by atoms with Gasteiger partial charge >= 0.3 is 0 Å². The first-order valence-corrected chi connectivity index (χ1v) is 9.59. The lowest BCUT2D eigenvalue weighted by atomic mass is 10.0. The van der Waals surface area contributed by atoms with E-state index in [9.17, 15) is 0 Å². The molecule has 0 aliphatic heterocycles. The minimum atomic E-state index is 0.592. The van der Waals surface area contributed by atoms with Gasteiger partial charge in [-0.25, -0.2) is 0 Å². The van der Waals surface area contributed by atoms with Crippen molar-refractivity contribution in [3.05, 3.63) is 48.5 Å². The molecule has 0 bridgehead atoms. The molecule has 3 rings (SSSR count). The third-order valence-corrected chi connectivity index (χ3v) is 5.53. The summed E-state index contributed by atoms with van der Waals surface area (Å²) in [5, 5.41) is 6.58. The number of thioether (sulfide) groups is 2. The Balaban J connectivity index is 2.23. The highest BCUT2D eigenvalue weighted by atomic mass is 32.2. The van der Waals surface area contributed by atoms with Gasteiger partial charge in [0.25, 0.3) is 0 Å². The largest absolute Gasteiger partial charge is 0.123 e. The Morgan fingerprint density at radius 2 is 1.32 bits per heavy atom. The van der Waals surface area contributed by atoms with Gasteiger partial charge in [0.2, 0.25) is 0 Å². The van der Waals surface area contributed by atoms with E-state index >= 15 is 0 Å². The Morgan fingerprint density at radius 1 is 0.682 bits per heavy atom. The Morgan fingerprint density at radius 3 is 1.95 bits per heavy atom. The third-order valence-electron chi connectivity index (χ3n) is 3.49. The first-order chi connectivity index (χ1) is 10.5. The van der Waals surface area contributed by atoms with Crippen LogP contribution in [0.5, 0.6) is 0 Å². The van der Waals surface area contributed by atoms with Gasteiger partial charge in [-0.3, -0.25) is 0 Å². The maximum absolute atomic E-state index is 2.37. The number of rotatable bonds is 4. The standard InChI is InChI=1S/C20H22S2/c1-13(2)21-18-10-17-9-15-7-5-6-8-16(15)11-19(17)20(12-18)22-14(3)4/h5-14H,1-4H3. The maximum Gasteiger partial charge on any atom is 0.0164 e. The van der Waals surface area contributed by atoms with Gasteiger partial charge in [-0.05, 0) is 45.8 Å². The predicted molar refractivity (Wildman–Crippen MR) is 103 cm³/mol. The summed E-state index contributed by atoms with van der Waals surface area (Å²) in [7, 11) is 0. The van der Waals surface area contributed by atoms with E-state index in [1.807, 2.05) is 23.5 Å². The highest BCUT2D eigenvalue weighted by Gasteiger charge is 2.09. The molecule has 0 nitrogen and oxygen atoms in total. The van der Waals surface area contributed by atoms with Crippen LogP contribution in [-0.2, 0) is 0 Å². The first-order valence-electron chi connectivity index (χ1n) is 7.83. The van der Waals surface area contributed by atoms with Crippen LogP contribution in [0.15, 0.2) is 58.3 Å². The molecule has 0 saturated heterocycles. The van der Waals surface area contributed by atoms with Crippen LogP contribution in [0.3, 0.4) is 0 Å². The van der Waals surface area contributed by atoms with Gasteiger partial charge in [0.15, 0.2) is 0 Å². The lowest BCUT2D eigenvalue weighted by Crippen LogP contribution is -1.91. The van der Waals surface area contributed by atoms with Gasteiger partial charge in [0, 0.05) is 20.3 Å². The minimum absolute atomic E-state index is 0.592. The first kappa shape index (κ1) is 15.8. The molecule has 0 aliphatic rings. The normalized spacial score (nSPS) is 11.9. The van der Waals surface area contributed by atoms with Crippen LogP contribution in [-0.4, -0.2) is 10.5 Å². The molecule has 3 aromatic rings. The van der Waals surface area contributed by atoms with E-state index in [0.717, 1.165) is 0 Å². The van der Waals surface area contributed by atoms with E-state index in [1.165, 1.54) is 31.3 Å². The topological polar surface area (TPSA) is 0 Å². The van der Waals surface area contributed by atoms with Gasteiger partial charge in [-0.1, -0.05) is 52.0 Å². The van der Waals surface area contributed by atoms with Crippen molar-refractivity contribution in [1.82, 2.24) is 0 Å². The molecular weight excluding hydrogens is 304 g/mol. The zero-order valence-corrected chi connectivity index (χ0v) is 15.2. The van der Waals surface area contributed by atoms with E-state index < -0.39 is 0 Å². The summed E-state index contributed by atoms with van der Waals surface area (Å²) in [6.45, 7) is 9.04. The average molecular weight is 327 g/mol. The van der Waals surface area contributed by atoms with Gasteiger partial charge in [-0.2, -0.15) is 0 Å². The zero-order valence-electron chi connectivity index (χ0n) is 13.6. The minimum Gasteiger partial charge on any atom is -0.123 e. The van der Waals surface area contributed by atoms with Gasteiger partial charge in [0.1, 0.15) is 0 Å². The van der Waals surface area contributed by atoms with Crippen molar-refractivity contribution in [3.8, 4) is 0 Å². The van der Waals surface area contributed by atoms with E-state index in [4.69, 9.17) is 0 Å². The van der Waals surface area contributed by atoms with Crippen LogP contribution >= 0.6 is 23.5 Å². The molecular formula is C20H22S2. The van der Waals surface area contributed by atoms with Crippen molar-refractivity contribution in [2.24, 2.45) is 0 Å². The molecule has 0 saturated carbocycles. The van der Waals surface area contributed by atoms with Crippen LogP contribution < -0.4 is 0 Å². The molecule has 0 heterocycles. The number of hydrogen-bond donors (Lipinski definition) is 0. The van der Waals surface area contributed by atoms with Crippen LogP contribution in [0.4, 0.5) is 0 Å². The van der Waals surface area contributed by atoms with Crippen molar-refractivity contribution in [2.75, 3.05) is 0 Å². The summed E-state index contributed by atoms with van der Waals surface area (Å²) in [5.74, 6) is 0. The van der Waals surface area contributed by atoms with E-state index in [-0.39, 0.29) is 0 Å². The second-order valence-electron chi connectivity index (χ2n) is 6.18. The highest BCUT2D eigenvalue weighted by Crippen LogP contribution is 2.37. The van der Waals surface area contributed by atoms with Crippen molar-refractivity contribution in [3.63, 3.8) is 0 Å². The van der Waals surface area contributed by atoms with Gasteiger partial charge in [-0.15, -0.1) is 23.5 Å². The molecule has 0 spiro atoms. The van der Waals surface area contributed by atoms with Crippen LogP contribution in [0.1, 0.15) is 27.7 Å². The molecule has 22 heavy (non-hydrogen) atoms. The Hall–Kier alpha value is -1.12. The average Bonchev–Trinajstić information content (AvgIpc) is 2.44. The molecule has 0 N–H and O–H groups in total. The zero-order chi connectivity index (χ0) is 15.7. The number of benzene rings is 3. The number of fused-ring (bicyclic) bond motifs is 2. The molecule has 0 atom stereocenters. The van der Waals surface area contributed by atoms with Crippen LogP contribution in [0.25, 0.3) is 21.5 Å². The second-order valence-corrected chi connectivity index (χ2v) is 9.44. The fourth-order valence-electron chi connectivity index (χ4n) is 2.68. The smallest absolute Gasteiger partial charge is 0.0164 e.